The number of hydrogen-bond donors (Lipinski definition) is 3. The first-order chi connectivity index (χ1) is 13.4. The molecule has 0 spiro atoms. The van der Waals surface area contributed by atoms with Crippen molar-refractivity contribution in [3.05, 3.63) is 23.8 Å². The highest BCUT2D eigenvalue weighted by Crippen LogP contribution is 2.70. The van der Waals surface area contributed by atoms with Gasteiger partial charge in [-0.2, -0.15) is 0 Å². The van der Waals surface area contributed by atoms with Crippen LogP contribution >= 0.6 is 0 Å². The molecule has 0 aliphatic heterocycles. The Morgan fingerprint density at radius 3 is 2.55 bits per heavy atom. The van der Waals surface area contributed by atoms with Gasteiger partial charge in [0.1, 0.15) is 18.4 Å². The van der Waals surface area contributed by atoms with Gasteiger partial charge in [-0.25, -0.2) is 8.78 Å². The van der Waals surface area contributed by atoms with Crippen LogP contribution in [0.2, 0.25) is 0 Å². The second-order valence-electron chi connectivity index (χ2n) is 9.84. The average Bonchev–Trinajstić information content (AvgIpc) is 2.86. The number of hydrogen-bond acceptors (Lipinski definition) is 5. The molecule has 4 aliphatic carbocycles. The number of rotatable bonds is 2. The molecule has 0 aromatic rings. The molecule has 160 valence electrons. The molecule has 0 heterocycles. The summed E-state index contributed by atoms with van der Waals surface area (Å²) in [6.45, 7) is 3.96. The number of halogens is 2. The molecule has 7 heteroatoms. The Bertz CT molecular complexity index is 839. The largest absolute Gasteiger partial charge is 0.390 e. The van der Waals surface area contributed by atoms with Crippen LogP contribution in [0.4, 0.5) is 8.78 Å². The van der Waals surface area contributed by atoms with Crippen LogP contribution in [0.3, 0.4) is 0 Å². The normalized spacial score (nSPS) is 53.7. The summed E-state index contributed by atoms with van der Waals surface area (Å²) >= 11 is 0. The lowest BCUT2D eigenvalue weighted by Crippen LogP contribution is -2.70. The number of fused-ring (bicyclic) bond motifs is 5. The first kappa shape index (κ1) is 20.8. The first-order valence-electron chi connectivity index (χ1n) is 10.2. The fourth-order valence-corrected chi connectivity index (χ4v) is 7.25. The van der Waals surface area contributed by atoms with Crippen LogP contribution in [0.1, 0.15) is 40.0 Å². The van der Waals surface area contributed by atoms with Crippen molar-refractivity contribution in [2.24, 2.45) is 28.6 Å². The van der Waals surface area contributed by atoms with Crippen molar-refractivity contribution in [1.82, 2.24) is 0 Å². The molecule has 0 amide bonds. The van der Waals surface area contributed by atoms with Gasteiger partial charge in [-0.05, 0) is 55.7 Å². The predicted octanol–water partition coefficient (Wildman–Crippen LogP) is 1.84. The van der Waals surface area contributed by atoms with Gasteiger partial charge in [0.25, 0.3) is 0 Å². The summed E-state index contributed by atoms with van der Waals surface area (Å²) < 4.78 is 32.1. The van der Waals surface area contributed by atoms with E-state index in [1.807, 2.05) is 0 Å². The Morgan fingerprint density at radius 1 is 1.28 bits per heavy atom. The Labute approximate surface area is 168 Å². The Kier molecular flexibility index (Phi) is 4.34. The smallest absolute Gasteiger partial charge is 0.190 e. The van der Waals surface area contributed by atoms with E-state index in [1.54, 1.807) is 13.8 Å². The average molecular weight is 410 g/mol. The van der Waals surface area contributed by atoms with Gasteiger partial charge in [-0.3, -0.25) is 9.59 Å². The van der Waals surface area contributed by atoms with Gasteiger partial charge >= 0.3 is 0 Å². The molecule has 0 saturated heterocycles. The molecule has 4 aliphatic rings. The zero-order chi connectivity index (χ0) is 21.6. The standard InChI is InChI=1S/C22H28F2O5/c1-11-6-13-14-8-16(23)15-7-12(26)4-5-19(15,2)21(14,24)17(27)9-20(13,3)22(11,29)18(28)10-25/h4-5,7,11,13-14,16-17,25,27,29H,6,8-10H2,1-3H3/t11-,13+,14+,16+,17-,19+,20+,21+,22+/m1/s1. The minimum atomic E-state index is -2.24. The predicted molar refractivity (Wildman–Crippen MR) is 100 cm³/mol. The Hall–Kier alpha value is -1.44. The van der Waals surface area contributed by atoms with Gasteiger partial charge in [0, 0.05) is 16.7 Å². The summed E-state index contributed by atoms with van der Waals surface area (Å²) in [5.74, 6) is -3.24. The third kappa shape index (κ3) is 2.19. The van der Waals surface area contributed by atoms with Crippen molar-refractivity contribution in [2.45, 2.75) is 63.6 Å². The summed E-state index contributed by atoms with van der Waals surface area (Å²) in [4.78, 5) is 24.3. The van der Waals surface area contributed by atoms with Gasteiger partial charge in [0.15, 0.2) is 17.2 Å². The number of allylic oxidation sites excluding steroid dienone is 4. The van der Waals surface area contributed by atoms with E-state index in [1.165, 1.54) is 19.1 Å². The van der Waals surface area contributed by atoms with E-state index in [4.69, 9.17) is 0 Å². The van der Waals surface area contributed by atoms with Crippen LogP contribution in [0.5, 0.6) is 0 Å². The molecule has 5 nitrogen and oxygen atoms in total. The number of carbonyl (C=O) groups is 2. The summed E-state index contributed by atoms with van der Waals surface area (Å²) in [5.41, 5.74) is -6.81. The number of Topliss-reactive ketones (excluding diaryl/α,β-unsaturated/α-hetero) is 1. The van der Waals surface area contributed by atoms with Gasteiger partial charge in [-0.1, -0.05) is 19.9 Å². The summed E-state index contributed by atoms with van der Waals surface area (Å²) in [6, 6.07) is 0. The van der Waals surface area contributed by atoms with E-state index in [0.717, 1.165) is 6.08 Å². The van der Waals surface area contributed by atoms with E-state index in [-0.39, 0.29) is 24.8 Å². The lowest BCUT2D eigenvalue weighted by Gasteiger charge is -2.63. The Balaban J connectivity index is 1.87. The number of ketones is 2. The lowest BCUT2D eigenvalue weighted by molar-refractivity contribution is -0.223. The molecule has 0 unspecified atom stereocenters. The van der Waals surface area contributed by atoms with E-state index in [9.17, 15) is 24.9 Å². The molecule has 4 rings (SSSR count). The van der Waals surface area contributed by atoms with Crippen molar-refractivity contribution >= 4 is 11.6 Å². The Morgan fingerprint density at radius 2 is 1.93 bits per heavy atom. The molecular formula is C22H28F2O5. The zero-order valence-corrected chi connectivity index (χ0v) is 16.9. The molecule has 3 fully saturated rings. The molecule has 29 heavy (non-hydrogen) atoms. The molecule has 0 bridgehead atoms. The highest BCUT2D eigenvalue weighted by atomic mass is 19.1. The van der Waals surface area contributed by atoms with E-state index in [2.05, 4.69) is 0 Å². The summed E-state index contributed by atoms with van der Waals surface area (Å²) in [7, 11) is 0. The van der Waals surface area contributed by atoms with Gasteiger partial charge < -0.3 is 15.3 Å². The minimum absolute atomic E-state index is 0.0409. The summed E-state index contributed by atoms with van der Waals surface area (Å²) in [6.07, 6.45) is 0.427. The minimum Gasteiger partial charge on any atom is -0.390 e. The first-order valence-corrected chi connectivity index (χ1v) is 10.2. The fraction of sp³-hybridized carbons (Fsp3) is 0.727. The zero-order valence-electron chi connectivity index (χ0n) is 16.9. The SMILES string of the molecule is C[C@@H]1C[C@H]2[C@@H]3C[C@H](F)C4=CC(=O)C=C[C@]4(C)[C@@]3(F)[C@H](O)C[C@]2(C)[C@@]1(O)C(=O)CO. The van der Waals surface area contributed by atoms with Gasteiger partial charge in [-0.15, -0.1) is 0 Å². The molecule has 3 N–H and O–H groups in total. The topological polar surface area (TPSA) is 94.8 Å². The van der Waals surface area contributed by atoms with E-state index < -0.39 is 70.3 Å². The lowest BCUT2D eigenvalue weighted by atomic mass is 9.44. The van der Waals surface area contributed by atoms with Crippen molar-refractivity contribution in [2.75, 3.05) is 6.61 Å². The maximum atomic E-state index is 16.9. The maximum Gasteiger partial charge on any atom is 0.190 e. The molecular weight excluding hydrogens is 382 g/mol. The van der Waals surface area contributed by atoms with Crippen molar-refractivity contribution in [3.63, 3.8) is 0 Å². The highest BCUT2D eigenvalue weighted by Gasteiger charge is 2.76. The van der Waals surface area contributed by atoms with Crippen molar-refractivity contribution in [1.29, 1.82) is 0 Å². The second kappa shape index (κ2) is 6.05. The monoisotopic (exact) mass is 410 g/mol. The van der Waals surface area contributed by atoms with Gasteiger partial charge in [0.2, 0.25) is 0 Å². The van der Waals surface area contributed by atoms with Gasteiger partial charge in [0.05, 0.1) is 6.10 Å². The van der Waals surface area contributed by atoms with Crippen LogP contribution in [-0.2, 0) is 9.59 Å². The third-order valence-electron chi connectivity index (χ3n) is 8.78. The molecule has 0 aromatic heterocycles. The molecule has 0 radical (unpaired) electrons. The van der Waals surface area contributed by atoms with Crippen LogP contribution in [0.15, 0.2) is 23.8 Å². The van der Waals surface area contributed by atoms with Crippen LogP contribution in [-0.4, -0.2) is 57.0 Å². The maximum absolute atomic E-state index is 16.9. The van der Waals surface area contributed by atoms with Crippen LogP contribution < -0.4 is 0 Å². The number of carbonyl (C=O) groups excluding carboxylic acids is 2. The quantitative estimate of drug-likeness (QED) is 0.646. The van der Waals surface area contributed by atoms with Crippen molar-refractivity contribution in [3.8, 4) is 0 Å². The molecule has 0 aromatic carbocycles. The van der Waals surface area contributed by atoms with Crippen molar-refractivity contribution < 1.29 is 33.7 Å². The van der Waals surface area contributed by atoms with Crippen LogP contribution in [0, 0.1) is 28.6 Å². The molecule has 9 atom stereocenters. The van der Waals surface area contributed by atoms with E-state index in [0.29, 0.717) is 0 Å². The van der Waals surface area contributed by atoms with Crippen LogP contribution in [0.25, 0.3) is 0 Å². The second-order valence-corrected chi connectivity index (χ2v) is 9.84. The van der Waals surface area contributed by atoms with E-state index >= 15 is 8.78 Å². The number of aliphatic hydroxyl groups excluding tert-OH is 2. The number of alkyl halides is 2. The summed E-state index contributed by atoms with van der Waals surface area (Å²) in [5, 5.41) is 31.9. The fourth-order valence-electron chi connectivity index (χ4n) is 7.25. The molecule has 3 saturated carbocycles. The highest BCUT2D eigenvalue weighted by molar-refractivity contribution is 6.01. The number of aliphatic hydroxyl groups is 3. The third-order valence-corrected chi connectivity index (χ3v) is 8.78.